The number of halogens is 2. The van der Waals surface area contributed by atoms with Gasteiger partial charge in [0.2, 0.25) is 5.75 Å². The third kappa shape index (κ3) is 2.85. The van der Waals surface area contributed by atoms with E-state index in [2.05, 4.69) is 0 Å². The van der Waals surface area contributed by atoms with Crippen LogP contribution in [0.15, 0.2) is 6.07 Å². The van der Waals surface area contributed by atoms with Crippen LogP contribution in [0.5, 0.6) is 11.5 Å². The van der Waals surface area contributed by atoms with Gasteiger partial charge in [-0.25, -0.2) is 8.78 Å². The number of ether oxygens (including phenoxy) is 2. The molecule has 0 saturated heterocycles. The van der Waals surface area contributed by atoms with E-state index in [9.17, 15) is 13.6 Å². The number of aldehydes is 1. The molecule has 1 aliphatic rings. The maximum atomic E-state index is 14.3. The molecule has 2 rings (SSSR count). The zero-order chi connectivity index (χ0) is 14.0. The molecular weight excluding hydrogens is 254 g/mol. The van der Waals surface area contributed by atoms with E-state index >= 15 is 0 Å². The van der Waals surface area contributed by atoms with Gasteiger partial charge < -0.3 is 14.3 Å². The average Bonchev–Trinajstić information content (AvgIpc) is 3.22. The molecule has 1 aliphatic carbocycles. The molecule has 0 aliphatic heterocycles. The molecular formula is C14H16F2O3. The minimum Gasteiger partial charge on any atom is -0.490 e. The number of hydrogen-bond acceptors (Lipinski definition) is 3. The van der Waals surface area contributed by atoms with Crippen molar-refractivity contribution < 1.29 is 23.0 Å². The summed E-state index contributed by atoms with van der Waals surface area (Å²) in [4.78, 5) is 10.7. The number of rotatable bonds is 6. The Balaban J connectivity index is 2.39. The zero-order valence-electron chi connectivity index (χ0n) is 10.9. The molecule has 19 heavy (non-hydrogen) atoms. The SMILES string of the molecule is COc1c(F)cc(C(C)C=O)c(F)c1OCC1CC1. The quantitative estimate of drug-likeness (QED) is 0.745. The second kappa shape index (κ2) is 5.55. The van der Waals surface area contributed by atoms with E-state index in [1.807, 2.05) is 0 Å². The first-order chi connectivity index (χ1) is 9.08. The number of methoxy groups -OCH3 is 1. The monoisotopic (exact) mass is 270 g/mol. The Morgan fingerprint density at radius 1 is 1.42 bits per heavy atom. The predicted molar refractivity (Wildman–Crippen MR) is 65.6 cm³/mol. The third-order valence-electron chi connectivity index (χ3n) is 3.22. The van der Waals surface area contributed by atoms with Crippen LogP contribution in [0.2, 0.25) is 0 Å². The van der Waals surface area contributed by atoms with Crippen LogP contribution in [0.1, 0.15) is 31.2 Å². The van der Waals surface area contributed by atoms with Crippen LogP contribution in [0.25, 0.3) is 0 Å². The van der Waals surface area contributed by atoms with Crippen molar-refractivity contribution in [3.05, 3.63) is 23.3 Å². The van der Waals surface area contributed by atoms with Gasteiger partial charge in [-0.15, -0.1) is 0 Å². The third-order valence-corrected chi connectivity index (χ3v) is 3.22. The summed E-state index contributed by atoms with van der Waals surface area (Å²) in [6.45, 7) is 1.84. The largest absolute Gasteiger partial charge is 0.490 e. The minimum absolute atomic E-state index is 0.0147. The van der Waals surface area contributed by atoms with Crippen LogP contribution in [0.3, 0.4) is 0 Å². The first-order valence-corrected chi connectivity index (χ1v) is 6.22. The summed E-state index contributed by atoms with van der Waals surface area (Å²) in [5, 5.41) is 0. The lowest BCUT2D eigenvalue weighted by Gasteiger charge is -2.16. The maximum absolute atomic E-state index is 14.3. The molecule has 1 unspecified atom stereocenters. The number of hydrogen-bond donors (Lipinski definition) is 0. The van der Waals surface area contributed by atoms with Gasteiger partial charge in [-0.05, 0) is 24.8 Å². The molecule has 0 radical (unpaired) electrons. The van der Waals surface area contributed by atoms with Gasteiger partial charge >= 0.3 is 0 Å². The van der Waals surface area contributed by atoms with Crippen LogP contribution in [0, 0.1) is 17.6 Å². The lowest BCUT2D eigenvalue weighted by molar-refractivity contribution is -0.108. The van der Waals surface area contributed by atoms with E-state index in [-0.39, 0.29) is 17.1 Å². The van der Waals surface area contributed by atoms with Crippen molar-refractivity contribution in [2.45, 2.75) is 25.7 Å². The molecule has 104 valence electrons. The van der Waals surface area contributed by atoms with Crippen molar-refractivity contribution in [3.8, 4) is 11.5 Å². The lowest BCUT2D eigenvalue weighted by Crippen LogP contribution is -2.08. The van der Waals surface area contributed by atoms with Gasteiger partial charge in [0, 0.05) is 11.5 Å². The van der Waals surface area contributed by atoms with Gasteiger partial charge in [-0.3, -0.25) is 0 Å². The highest BCUT2D eigenvalue weighted by Crippen LogP contribution is 2.39. The summed E-state index contributed by atoms with van der Waals surface area (Å²) in [7, 11) is 1.25. The summed E-state index contributed by atoms with van der Waals surface area (Å²) >= 11 is 0. The smallest absolute Gasteiger partial charge is 0.200 e. The Kier molecular flexibility index (Phi) is 4.02. The summed E-state index contributed by atoms with van der Waals surface area (Å²) in [6, 6.07) is 0.983. The molecule has 0 bridgehead atoms. The second-order valence-electron chi connectivity index (χ2n) is 4.80. The fourth-order valence-corrected chi connectivity index (χ4v) is 1.81. The van der Waals surface area contributed by atoms with Crippen molar-refractivity contribution in [1.82, 2.24) is 0 Å². The maximum Gasteiger partial charge on any atom is 0.200 e. The average molecular weight is 270 g/mol. The second-order valence-corrected chi connectivity index (χ2v) is 4.80. The van der Waals surface area contributed by atoms with Gasteiger partial charge in [-0.1, -0.05) is 6.92 Å². The van der Waals surface area contributed by atoms with E-state index in [4.69, 9.17) is 9.47 Å². The molecule has 1 aromatic rings. The normalized spacial score (nSPS) is 16.0. The molecule has 1 saturated carbocycles. The van der Waals surface area contributed by atoms with Gasteiger partial charge in [0.05, 0.1) is 13.7 Å². The molecule has 0 N–H and O–H groups in total. The van der Waals surface area contributed by atoms with Gasteiger partial charge in [0.1, 0.15) is 6.29 Å². The van der Waals surface area contributed by atoms with E-state index in [1.54, 1.807) is 0 Å². The summed E-state index contributed by atoms with van der Waals surface area (Å²) in [5.74, 6) is -2.27. The Morgan fingerprint density at radius 3 is 2.63 bits per heavy atom. The molecule has 0 amide bonds. The van der Waals surface area contributed by atoms with Crippen molar-refractivity contribution in [2.75, 3.05) is 13.7 Å². The number of carbonyl (C=O) groups is 1. The topological polar surface area (TPSA) is 35.5 Å². The van der Waals surface area contributed by atoms with Crippen molar-refractivity contribution in [1.29, 1.82) is 0 Å². The Hall–Kier alpha value is -1.65. The van der Waals surface area contributed by atoms with E-state index in [1.165, 1.54) is 14.0 Å². The molecule has 5 heteroatoms. The van der Waals surface area contributed by atoms with E-state index in [0.29, 0.717) is 18.8 Å². The Morgan fingerprint density at radius 2 is 2.11 bits per heavy atom. The lowest BCUT2D eigenvalue weighted by atomic mass is 10.0. The fraction of sp³-hybridized carbons (Fsp3) is 0.500. The summed E-state index contributed by atoms with van der Waals surface area (Å²) in [6.07, 6.45) is 2.64. The summed E-state index contributed by atoms with van der Waals surface area (Å²) in [5.41, 5.74) is -0.0147. The van der Waals surface area contributed by atoms with Crippen LogP contribution in [0.4, 0.5) is 8.78 Å². The molecule has 3 nitrogen and oxygen atoms in total. The highest BCUT2D eigenvalue weighted by Gasteiger charge is 2.27. The fourth-order valence-electron chi connectivity index (χ4n) is 1.81. The number of benzene rings is 1. The molecule has 1 fully saturated rings. The van der Waals surface area contributed by atoms with Crippen LogP contribution < -0.4 is 9.47 Å². The first-order valence-electron chi connectivity index (χ1n) is 6.22. The van der Waals surface area contributed by atoms with Crippen molar-refractivity contribution in [2.24, 2.45) is 5.92 Å². The first kappa shape index (κ1) is 13.8. The molecule has 1 aromatic carbocycles. The van der Waals surface area contributed by atoms with Gasteiger partial charge in [0.25, 0.3) is 0 Å². The van der Waals surface area contributed by atoms with Crippen LogP contribution in [-0.2, 0) is 4.79 Å². The summed E-state index contributed by atoms with van der Waals surface area (Å²) < 4.78 is 38.3. The highest BCUT2D eigenvalue weighted by atomic mass is 19.1. The minimum atomic E-state index is -0.733. The predicted octanol–water partition coefficient (Wildman–Crippen LogP) is 3.06. The molecule has 0 aromatic heterocycles. The van der Waals surface area contributed by atoms with Crippen molar-refractivity contribution in [3.63, 3.8) is 0 Å². The molecule has 0 heterocycles. The van der Waals surface area contributed by atoms with Gasteiger partial charge in [0.15, 0.2) is 17.4 Å². The van der Waals surface area contributed by atoms with Crippen molar-refractivity contribution >= 4 is 6.29 Å². The van der Waals surface area contributed by atoms with Crippen LogP contribution >= 0.6 is 0 Å². The Labute approximate surface area is 110 Å². The zero-order valence-corrected chi connectivity index (χ0v) is 10.9. The number of carbonyl (C=O) groups excluding carboxylic acids is 1. The highest BCUT2D eigenvalue weighted by molar-refractivity contribution is 5.63. The van der Waals surface area contributed by atoms with E-state index < -0.39 is 17.6 Å². The standard InChI is InChI=1S/C14H16F2O3/c1-8(6-17)10-5-11(15)13(18-2)14(12(10)16)19-7-9-3-4-9/h5-6,8-9H,3-4,7H2,1-2H3. The van der Waals surface area contributed by atoms with Crippen LogP contribution in [-0.4, -0.2) is 20.0 Å². The molecule has 0 spiro atoms. The Bertz CT molecular complexity index is 484. The van der Waals surface area contributed by atoms with Gasteiger partial charge in [-0.2, -0.15) is 0 Å². The van der Waals surface area contributed by atoms with E-state index in [0.717, 1.165) is 18.9 Å². The molecule has 1 atom stereocenters.